The third-order valence-electron chi connectivity index (χ3n) is 2.17. The van der Waals surface area contributed by atoms with E-state index in [9.17, 15) is 0 Å². The molecule has 0 bridgehead atoms. The lowest BCUT2D eigenvalue weighted by Crippen LogP contribution is -2.06. The fourth-order valence-electron chi connectivity index (χ4n) is 1.36. The molecule has 0 saturated heterocycles. The van der Waals surface area contributed by atoms with Crippen molar-refractivity contribution in [2.45, 2.75) is 52.9 Å². The van der Waals surface area contributed by atoms with Gasteiger partial charge < -0.3 is 0 Å². The van der Waals surface area contributed by atoms with Gasteiger partial charge in [0.25, 0.3) is 0 Å². The molecule has 0 N–H and O–H groups in total. The van der Waals surface area contributed by atoms with Crippen molar-refractivity contribution in [2.75, 3.05) is 0 Å². The second-order valence-electron chi connectivity index (χ2n) is 4.15. The quantitative estimate of drug-likeness (QED) is 0.407. The van der Waals surface area contributed by atoms with Crippen LogP contribution in [-0.4, -0.2) is 0 Å². The number of unbranched alkanes of at least 4 members (excludes halogenated alkanes) is 3. The van der Waals surface area contributed by atoms with Gasteiger partial charge in [0.15, 0.2) is 0 Å². The van der Waals surface area contributed by atoms with Crippen LogP contribution in [0.2, 0.25) is 0 Å². The van der Waals surface area contributed by atoms with E-state index in [1.165, 1.54) is 32.1 Å². The zero-order chi connectivity index (χ0) is 9.45. The Morgan fingerprint density at radius 2 is 1.92 bits per heavy atom. The van der Waals surface area contributed by atoms with Gasteiger partial charge >= 0.3 is 0 Å². The molecule has 0 aromatic rings. The minimum absolute atomic E-state index is 0.301. The summed E-state index contributed by atoms with van der Waals surface area (Å²) in [6, 6.07) is 0. The Bertz CT molecular complexity index is 147. The minimum Gasteiger partial charge on any atom is -0.133 e. The number of allylic oxidation sites excluding steroid dienone is 1. The number of rotatable bonds is 6. The lowest BCUT2D eigenvalue weighted by Gasteiger charge is -2.18. The van der Waals surface area contributed by atoms with Crippen molar-refractivity contribution in [3.63, 3.8) is 0 Å². The maximum Gasteiger partial charge on any atom is -0.00993 e. The van der Waals surface area contributed by atoms with Crippen LogP contribution >= 0.6 is 0 Å². The first-order valence-corrected chi connectivity index (χ1v) is 4.99. The topological polar surface area (TPSA) is 0 Å². The molecule has 0 saturated carbocycles. The average molecular weight is 166 g/mol. The number of hydrogen-bond donors (Lipinski definition) is 0. The summed E-state index contributed by atoms with van der Waals surface area (Å²) in [4.78, 5) is 0. The lowest BCUT2D eigenvalue weighted by atomic mass is 9.87. The summed E-state index contributed by atoms with van der Waals surface area (Å²) in [5, 5.41) is 0. The van der Waals surface area contributed by atoms with E-state index in [-0.39, 0.29) is 0 Å². The highest BCUT2D eigenvalue weighted by Gasteiger charge is 2.12. The van der Waals surface area contributed by atoms with Crippen molar-refractivity contribution < 1.29 is 0 Å². The van der Waals surface area contributed by atoms with Crippen molar-refractivity contribution in [3.05, 3.63) is 18.4 Å². The summed E-state index contributed by atoms with van der Waals surface area (Å²) >= 11 is 0. The normalized spacial score (nSPS) is 10.9. The van der Waals surface area contributed by atoms with E-state index in [0.717, 1.165) is 0 Å². The van der Waals surface area contributed by atoms with Crippen molar-refractivity contribution in [1.29, 1.82) is 0 Å². The molecule has 0 rings (SSSR count). The molecule has 0 aliphatic heterocycles. The summed E-state index contributed by atoms with van der Waals surface area (Å²) in [6.45, 7) is 10.3. The van der Waals surface area contributed by atoms with E-state index in [4.69, 9.17) is 0 Å². The van der Waals surface area contributed by atoms with Gasteiger partial charge in [-0.25, -0.2) is 0 Å². The second-order valence-corrected chi connectivity index (χ2v) is 4.15. The fourth-order valence-corrected chi connectivity index (χ4v) is 1.36. The monoisotopic (exact) mass is 166 g/mol. The molecule has 0 aromatic carbocycles. The van der Waals surface area contributed by atoms with E-state index in [0.29, 0.717) is 5.41 Å². The Kier molecular flexibility index (Phi) is 5.84. The molecule has 0 heteroatoms. The van der Waals surface area contributed by atoms with Crippen LogP contribution in [0.1, 0.15) is 52.9 Å². The first kappa shape index (κ1) is 11.5. The molecular weight excluding hydrogens is 144 g/mol. The van der Waals surface area contributed by atoms with Gasteiger partial charge in [-0.3, -0.25) is 0 Å². The van der Waals surface area contributed by atoms with Crippen molar-refractivity contribution in [1.82, 2.24) is 0 Å². The van der Waals surface area contributed by atoms with Crippen molar-refractivity contribution >= 4 is 0 Å². The molecule has 0 heterocycles. The predicted molar refractivity (Wildman–Crippen MR) is 56.3 cm³/mol. The molecule has 0 radical (unpaired) electrons. The molecule has 0 aromatic heterocycles. The molecule has 0 aliphatic carbocycles. The largest absolute Gasteiger partial charge is 0.133 e. The van der Waals surface area contributed by atoms with Crippen LogP contribution in [-0.2, 0) is 0 Å². The van der Waals surface area contributed by atoms with Gasteiger partial charge in [0, 0.05) is 0 Å². The van der Waals surface area contributed by atoms with Crippen LogP contribution in [0.4, 0.5) is 0 Å². The molecule has 0 fully saturated rings. The van der Waals surface area contributed by atoms with Gasteiger partial charge in [-0.2, -0.15) is 0 Å². The molecule has 0 atom stereocenters. The number of hydrogen-bond acceptors (Lipinski definition) is 0. The smallest absolute Gasteiger partial charge is 0.00993 e. The molecule has 0 unspecified atom stereocenters. The Morgan fingerprint density at radius 3 is 2.42 bits per heavy atom. The summed E-state index contributed by atoms with van der Waals surface area (Å²) in [6.07, 6.45) is 8.73. The van der Waals surface area contributed by atoms with Crippen molar-refractivity contribution in [3.8, 4) is 0 Å². The van der Waals surface area contributed by atoms with E-state index < -0.39 is 0 Å². The SMILES string of the molecule is C=C=CC(C)(C)CCCCCC. The molecule has 70 valence electrons. The molecule has 12 heavy (non-hydrogen) atoms. The molecular formula is C12H22. The van der Waals surface area contributed by atoms with Gasteiger partial charge in [-0.15, -0.1) is 5.73 Å². The standard InChI is InChI=1S/C12H22/c1-5-7-8-9-11-12(3,4)10-6-2/h10H,2,5,7-9,11H2,1,3-4H3. The third-order valence-corrected chi connectivity index (χ3v) is 2.17. The third kappa shape index (κ3) is 6.24. The van der Waals surface area contributed by atoms with Gasteiger partial charge in [0.05, 0.1) is 0 Å². The van der Waals surface area contributed by atoms with Crippen LogP contribution in [0.15, 0.2) is 18.4 Å². The van der Waals surface area contributed by atoms with Crippen LogP contribution in [0.5, 0.6) is 0 Å². The maximum absolute atomic E-state index is 3.61. The summed E-state index contributed by atoms with van der Waals surface area (Å²) < 4.78 is 0. The zero-order valence-corrected chi connectivity index (χ0v) is 8.82. The van der Waals surface area contributed by atoms with E-state index in [1.54, 1.807) is 0 Å². The molecule has 0 aliphatic rings. The Morgan fingerprint density at radius 1 is 1.25 bits per heavy atom. The zero-order valence-electron chi connectivity index (χ0n) is 8.82. The molecule has 0 nitrogen and oxygen atoms in total. The Labute approximate surface area is 77.4 Å². The van der Waals surface area contributed by atoms with Gasteiger partial charge in [-0.1, -0.05) is 53.0 Å². The lowest BCUT2D eigenvalue weighted by molar-refractivity contribution is 0.410. The Hall–Kier alpha value is -0.480. The van der Waals surface area contributed by atoms with E-state index in [2.05, 4.69) is 39.2 Å². The van der Waals surface area contributed by atoms with E-state index in [1.807, 2.05) is 0 Å². The van der Waals surface area contributed by atoms with Crippen LogP contribution in [0, 0.1) is 5.41 Å². The summed E-state index contributed by atoms with van der Waals surface area (Å²) in [7, 11) is 0. The maximum atomic E-state index is 3.61. The second kappa shape index (κ2) is 6.08. The Balaban J connectivity index is 3.54. The van der Waals surface area contributed by atoms with Crippen LogP contribution in [0.25, 0.3) is 0 Å². The van der Waals surface area contributed by atoms with E-state index >= 15 is 0 Å². The van der Waals surface area contributed by atoms with Crippen molar-refractivity contribution in [2.24, 2.45) is 5.41 Å². The predicted octanol–water partition coefficient (Wildman–Crippen LogP) is 4.32. The van der Waals surface area contributed by atoms with Gasteiger partial charge in [0.1, 0.15) is 0 Å². The highest BCUT2D eigenvalue weighted by atomic mass is 14.2. The highest BCUT2D eigenvalue weighted by Crippen LogP contribution is 2.24. The van der Waals surface area contributed by atoms with Crippen LogP contribution in [0.3, 0.4) is 0 Å². The summed E-state index contributed by atoms with van der Waals surface area (Å²) in [5.41, 5.74) is 3.17. The molecule has 0 amide bonds. The molecule has 0 spiro atoms. The first-order valence-electron chi connectivity index (χ1n) is 4.99. The fraction of sp³-hybridized carbons (Fsp3) is 0.750. The van der Waals surface area contributed by atoms with Crippen LogP contribution < -0.4 is 0 Å². The highest BCUT2D eigenvalue weighted by molar-refractivity contribution is 4.91. The minimum atomic E-state index is 0.301. The van der Waals surface area contributed by atoms with Gasteiger partial charge in [-0.05, 0) is 17.9 Å². The van der Waals surface area contributed by atoms with Gasteiger partial charge in [0.2, 0.25) is 0 Å². The summed E-state index contributed by atoms with van der Waals surface area (Å²) in [5.74, 6) is 0. The average Bonchev–Trinajstić information content (AvgIpc) is 1.98. The first-order chi connectivity index (χ1) is 5.62.